The van der Waals surface area contributed by atoms with Gasteiger partial charge in [0, 0.05) is 13.1 Å². The molecule has 6 heteroatoms. The van der Waals surface area contributed by atoms with E-state index in [1.807, 2.05) is 5.01 Å². The summed E-state index contributed by atoms with van der Waals surface area (Å²) >= 11 is 0. The van der Waals surface area contributed by atoms with Gasteiger partial charge in [0.25, 0.3) is 0 Å². The molecule has 6 nitrogen and oxygen atoms in total. The smallest absolute Gasteiger partial charge is 0.340 e. The normalized spacial score (nSPS) is 15.1. The Morgan fingerprint density at radius 2 is 1.77 bits per heavy atom. The molecule has 1 aromatic rings. The Balaban J connectivity index is 1.86. The summed E-state index contributed by atoms with van der Waals surface area (Å²) in [5, 5.41) is 4.72. The molecule has 1 saturated heterocycles. The van der Waals surface area contributed by atoms with Crippen LogP contribution in [0.25, 0.3) is 0 Å². The van der Waals surface area contributed by atoms with Gasteiger partial charge >= 0.3 is 12.0 Å². The molecule has 144 valence electrons. The molecule has 2 rings (SSSR count). The second-order valence-electron chi connectivity index (χ2n) is 6.71. The standard InChI is InChI=1S/C20H31N3O3/c1-2-3-4-11-16-26-19(24)17-12-7-8-13-18(17)21-20(25)22-23-14-9-5-6-10-15-23/h7-8,12-13H,2-6,9-11,14-16H2,1H3,(H2,21,22,25). The molecule has 0 radical (unpaired) electrons. The zero-order valence-corrected chi connectivity index (χ0v) is 15.8. The van der Waals surface area contributed by atoms with E-state index in [9.17, 15) is 9.59 Å². The first-order valence-electron chi connectivity index (χ1n) is 9.79. The summed E-state index contributed by atoms with van der Waals surface area (Å²) in [6, 6.07) is 6.63. The van der Waals surface area contributed by atoms with Crippen LogP contribution < -0.4 is 10.7 Å². The molecule has 0 aromatic heterocycles. The SMILES string of the molecule is CCCCCCOC(=O)c1ccccc1NC(=O)NN1CCCCCC1. The van der Waals surface area contributed by atoms with Gasteiger partial charge in [0.15, 0.2) is 0 Å². The van der Waals surface area contributed by atoms with Crippen molar-refractivity contribution < 1.29 is 14.3 Å². The summed E-state index contributed by atoms with van der Waals surface area (Å²) in [4.78, 5) is 24.6. The predicted molar refractivity (Wildman–Crippen MR) is 103 cm³/mol. The third-order valence-corrected chi connectivity index (χ3v) is 4.49. The fourth-order valence-corrected chi connectivity index (χ4v) is 3.02. The van der Waals surface area contributed by atoms with Crippen molar-refractivity contribution in [3.63, 3.8) is 0 Å². The molecule has 0 atom stereocenters. The van der Waals surface area contributed by atoms with Crippen molar-refractivity contribution in [3.8, 4) is 0 Å². The largest absolute Gasteiger partial charge is 0.462 e. The van der Waals surface area contributed by atoms with Crippen molar-refractivity contribution in [3.05, 3.63) is 29.8 Å². The Morgan fingerprint density at radius 1 is 1.04 bits per heavy atom. The van der Waals surface area contributed by atoms with E-state index in [2.05, 4.69) is 17.7 Å². The highest BCUT2D eigenvalue weighted by molar-refractivity contribution is 6.00. The zero-order valence-electron chi connectivity index (χ0n) is 15.8. The molecule has 0 saturated carbocycles. The van der Waals surface area contributed by atoms with Gasteiger partial charge in [-0.3, -0.25) is 5.43 Å². The molecule has 26 heavy (non-hydrogen) atoms. The van der Waals surface area contributed by atoms with Crippen LogP contribution in [0, 0.1) is 0 Å². The van der Waals surface area contributed by atoms with Crippen LogP contribution in [0.4, 0.5) is 10.5 Å². The second kappa shape index (κ2) is 11.5. The van der Waals surface area contributed by atoms with Gasteiger partial charge in [-0.1, -0.05) is 51.2 Å². The number of amides is 2. The number of unbranched alkanes of at least 4 members (excludes halogenated alkanes) is 3. The monoisotopic (exact) mass is 361 g/mol. The minimum absolute atomic E-state index is 0.324. The van der Waals surface area contributed by atoms with Gasteiger partial charge in [-0.2, -0.15) is 0 Å². The lowest BCUT2D eigenvalue weighted by Crippen LogP contribution is -2.45. The number of ether oxygens (including phenoxy) is 1. The number of rotatable bonds is 8. The first kappa shape index (κ1) is 20.2. The maximum atomic E-state index is 12.3. The first-order chi connectivity index (χ1) is 12.7. The number of benzene rings is 1. The van der Waals surface area contributed by atoms with Crippen molar-refractivity contribution >= 4 is 17.7 Å². The van der Waals surface area contributed by atoms with Crippen LogP contribution in [0.1, 0.15) is 68.6 Å². The van der Waals surface area contributed by atoms with Gasteiger partial charge < -0.3 is 10.1 Å². The lowest BCUT2D eigenvalue weighted by atomic mass is 10.2. The fourth-order valence-electron chi connectivity index (χ4n) is 3.02. The van der Waals surface area contributed by atoms with Crippen molar-refractivity contribution in [2.45, 2.75) is 58.3 Å². The van der Waals surface area contributed by atoms with Crippen LogP contribution in [-0.4, -0.2) is 36.7 Å². The van der Waals surface area contributed by atoms with E-state index in [-0.39, 0.29) is 6.03 Å². The third kappa shape index (κ3) is 7.04. The van der Waals surface area contributed by atoms with Crippen LogP contribution in [0.15, 0.2) is 24.3 Å². The summed E-state index contributed by atoms with van der Waals surface area (Å²) in [5.74, 6) is -0.396. The molecule has 2 amide bonds. The summed E-state index contributed by atoms with van der Waals surface area (Å²) in [7, 11) is 0. The van der Waals surface area contributed by atoms with Crippen LogP contribution >= 0.6 is 0 Å². The quantitative estimate of drug-likeness (QED) is 0.534. The van der Waals surface area contributed by atoms with Gasteiger partial charge in [0.1, 0.15) is 0 Å². The summed E-state index contributed by atoms with van der Waals surface area (Å²) < 4.78 is 5.34. The molecule has 0 spiro atoms. The minimum atomic E-state index is -0.396. The number of nitrogens with zero attached hydrogens (tertiary/aromatic N) is 1. The highest BCUT2D eigenvalue weighted by Crippen LogP contribution is 2.17. The number of anilines is 1. The maximum Gasteiger partial charge on any atom is 0.340 e. The number of hydrazine groups is 1. The van der Waals surface area contributed by atoms with Crippen molar-refractivity contribution in [2.75, 3.05) is 25.0 Å². The number of para-hydroxylation sites is 1. The highest BCUT2D eigenvalue weighted by atomic mass is 16.5. The third-order valence-electron chi connectivity index (χ3n) is 4.49. The summed E-state index contributed by atoms with van der Waals surface area (Å²) in [6.07, 6.45) is 8.79. The van der Waals surface area contributed by atoms with Crippen molar-refractivity contribution in [2.24, 2.45) is 0 Å². The number of esters is 1. The molecular weight excluding hydrogens is 330 g/mol. The zero-order chi connectivity index (χ0) is 18.6. The lowest BCUT2D eigenvalue weighted by Gasteiger charge is -2.21. The molecular formula is C20H31N3O3. The predicted octanol–water partition coefficient (Wildman–Crippen LogP) is 4.34. The van der Waals surface area contributed by atoms with Crippen molar-refractivity contribution in [1.29, 1.82) is 0 Å². The van der Waals surface area contributed by atoms with Gasteiger partial charge in [-0.05, 0) is 31.4 Å². The minimum Gasteiger partial charge on any atom is -0.462 e. The molecule has 1 aliphatic heterocycles. The van der Waals surface area contributed by atoms with E-state index >= 15 is 0 Å². The number of carbonyl (C=O) groups is 2. The fraction of sp³-hybridized carbons (Fsp3) is 0.600. The van der Waals surface area contributed by atoms with E-state index in [1.54, 1.807) is 24.3 Å². The average Bonchev–Trinajstić information content (AvgIpc) is 2.90. The summed E-state index contributed by atoms with van der Waals surface area (Å²) in [5.41, 5.74) is 3.73. The molecule has 0 aliphatic carbocycles. The van der Waals surface area contributed by atoms with Crippen molar-refractivity contribution in [1.82, 2.24) is 10.4 Å². The topological polar surface area (TPSA) is 70.7 Å². The lowest BCUT2D eigenvalue weighted by molar-refractivity contribution is 0.0499. The summed E-state index contributed by atoms with van der Waals surface area (Å²) in [6.45, 7) is 4.27. The van der Waals surface area contributed by atoms with E-state index < -0.39 is 5.97 Å². The van der Waals surface area contributed by atoms with Gasteiger partial charge in [0.2, 0.25) is 0 Å². The van der Waals surface area contributed by atoms with Gasteiger partial charge in [0.05, 0.1) is 17.9 Å². The molecule has 1 aromatic carbocycles. The molecule has 1 aliphatic rings. The number of carbonyl (C=O) groups excluding carboxylic acids is 2. The van der Waals surface area contributed by atoms with E-state index in [0.717, 1.165) is 51.6 Å². The molecule has 2 N–H and O–H groups in total. The Morgan fingerprint density at radius 3 is 2.50 bits per heavy atom. The molecule has 1 fully saturated rings. The Labute approximate surface area is 156 Å². The van der Waals surface area contributed by atoms with Crippen LogP contribution in [0.2, 0.25) is 0 Å². The van der Waals surface area contributed by atoms with E-state index in [1.165, 1.54) is 12.8 Å². The Hall–Kier alpha value is -2.08. The van der Waals surface area contributed by atoms with Gasteiger partial charge in [-0.25, -0.2) is 14.6 Å². The second-order valence-corrected chi connectivity index (χ2v) is 6.71. The van der Waals surface area contributed by atoms with Crippen LogP contribution in [0.5, 0.6) is 0 Å². The van der Waals surface area contributed by atoms with E-state index in [4.69, 9.17) is 4.74 Å². The number of hydrogen-bond acceptors (Lipinski definition) is 4. The Kier molecular flexibility index (Phi) is 8.96. The Bertz CT molecular complexity index is 569. The number of urea groups is 1. The van der Waals surface area contributed by atoms with Gasteiger partial charge in [-0.15, -0.1) is 0 Å². The number of hydrogen-bond donors (Lipinski definition) is 2. The number of nitrogens with one attached hydrogen (secondary N) is 2. The highest BCUT2D eigenvalue weighted by Gasteiger charge is 2.16. The maximum absolute atomic E-state index is 12.3. The van der Waals surface area contributed by atoms with E-state index in [0.29, 0.717) is 17.9 Å². The van der Waals surface area contributed by atoms with Crippen LogP contribution in [0.3, 0.4) is 0 Å². The average molecular weight is 361 g/mol. The molecule has 0 bridgehead atoms. The first-order valence-corrected chi connectivity index (χ1v) is 9.79. The van der Waals surface area contributed by atoms with Crippen LogP contribution in [-0.2, 0) is 4.74 Å². The molecule has 1 heterocycles. The molecule has 0 unspecified atom stereocenters.